The highest BCUT2D eigenvalue weighted by atomic mass is 16.5. The quantitative estimate of drug-likeness (QED) is 0.632. The maximum absolute atomic E-state index is 12.3. The molecule has 1 aromatic carbocycles. The normalized spacial score (nSPS) is 24.6. The zero-order valence-electron chi connectivity index (χ0n) is 12.8. The molecule has 2 unspecified atom stereocenters. The van der Waals surface area contributed by atoms with Crippen LogP contribution in [0.4, 0.5) is 0 Å². The van der Waals surface area contributed by atoms with Crippen LogP contribution in [0.1, 0.15) is 24.8 Å². The number of amides is 1. The van der Waals surface area contributed by atoms with Gasteiger partial charge in [-0.15, -0.1) is 0 Å². The van der Waals surface area contributed by atoms with Gasteiger partial charge in [-0.25, -0.2) is 4.79 Å². The average Bonchev–Trinajstić information content (AvgIpc) is 3.15. The van der Waals surface area contributed by atoms with E-state index in [1.165, 1.54) is 6.08 Å². The molecule has 2 aliphatic heterocycles. The van der Waals surface area contributed by atoms with Gasteiger partial charge in [-0.2, -0.15) is 0 Å². The second-order valence-electron chi connectivity index (χ2n) is 5.87. The van der Waals surface area contributed by atoms with E-state index in [4.69, 9.17) is 4.74 Å². The largest absolute Gasteiger partial charge is 0.497 e. The lowest BCUT2D eigenvalue weighted by atomic mass is 10.1. The van der Waals surface area contributed by atoms with Gasteiger partial charge in [-0.3, -0.25) is 4.90 Å². The van der Waals surface area contributed by atoms with E-state index in [1.54, 1.807) is 13.2 Å². The first-order valence-corrected chi connectivity index (χ1v) is 7.75. The fourth-order valence-electron chi connectivity index (χ4n) is 3.45. The van der Waals surface area contributed by atoms with Crippen LogP contribution in [-0.4, -0.2) is 47.9 Å². The second-order valence-corrected chi connectivity index (χ2v) is 5.87. The van der Waals surface area contributed by atoms with Gasteiger partial charge in [0.2, 0.25) is 6.04 Å². The first-order chi connectivity index (χ1) is 10.7. The van der Waals surface area contributed by atoms with E-state index >= 15 is 0 Å². The van der Waals surface area contributed by atoms with Gasteiger partial charge in [0.25, 0.3) is 0 Å². The van der Waals surface area contributed by atoms with Crippen LogP contribution in [0, 0.1) is 4.91 Å². The number of nitrogens with zero attached hydrogens (tertiary/aromatic N) is 2. The van der Waals surface area contributed by atoms with Crippen molar-refractivity contribution in [3.8, 4) is 5.75 Å². The smallest absolute Gasteiger partial charge is 0.458 e. The van der Waals surface area contributed by atoms with Crippen LogP contribution in [0.5, 0.6) is 5.75 Å². The molecule has 0 radical (unpaired) electrons. The number of rotatable bonds is 4. The molecular formula is C17H21N2O3+. The molecule has 1 aromatic rings. The predicted octanol–water partition coefficient (Wildman–Crippen LogP) is 2.25. The van der Waals surface area contributed by atoms with Crippen molar-refractivity contribution in [1.82, 2.24) is 4.90 Å². The summed E-state index contributed by atoms with van der Waals surface area (Å²) in [5.74, 6) is 0.302. The summed E-state index contributed by atoms with van der Waals surface area (Å²) < 4.78 is 5.76. The van der Waals surface area contributed by atoms with Gasteiger partial charge < -0.3 is 4.74 Å². The van der Waals surface area contributed by atoms with Gasteiger partial charge in [0.05, 0.1) is 24.0 Å². The van der Waals surface area contributed by atoms with E-state index in [0.717, 1.165) is 43.7 Å². The molecule has 1 amide bonds. The van der Waals surface area contributed by atoms with Crippen LogP contribution < -0.4 is 4.74 Å². The monoisotopic (exact) mass is 301 g/mol. The number of nitroso groups, excluding NO2 is 1. The van der Waals surface area contributed by atoms with Crippen molar-refractivity contribution >= 4 is 12.0 Å². The minimum Gasteiger partial charge on any atom is -0.497 e. The number of hydrogen-bond acceptors (Lipinski definition) is 4. The molecule has 5 heteroatoms. The van der Waals surface area contributed by atoms with Crippen molar-refractivity contribution in [2.45, 2.75) is 31.3 Å². The molecule has 2 heterocycles. The summed E-state index contributed by atoms with van der Waals surface area (Å²) in [6.07, 6.45) is 5.99. The van der Waals surface area contributed by atoms with E-state index in [-0.39, 0.29) is 12.1 Å². The predicted molar refractivity (Wildman–Crippen MR) is 83.7 cm³/mol. The minimum absolute atomic E-state index is 0.185. The number of ether oxygens (including phenoxy) is 1. The first kappa shape index (κ1) is 14.9. The number of fused-ring (bicyclic) bond motifs is 1. The van der Waals surface area contributed by atoms with Gasteiger partial charge >= 0.3 is 5.91 Å². The van der Waals surface area contributed by atoms with E-state index in [2.05, 4.69) is 4.90 Å². The molecule has 116 valence electrons. The van der Waals surface area contributed by atoms with Crippen molar-refractivity contribution in [1.29, 1.82) is 0 Å². The maximum atomic E-state index is 12.3. The summed E-state index contributed by atoms with van der Waals surface area (Å²) in [4.78, 5) is 26.7. The molecule has 0 spiro atoms. The average molecular weight is 301 g/mol. The van der Waals surface area contributed by atoms with Gasteiger partial charge in [0, 0.05) is 17.9 Å². The summed E-state index contributed by atoms with van der Waals surface area (Å²) in [6.45, 7) is 1.99. The zero-order valence-corrected chi connectivity index (χ0v) is 12.8. The topological polar surface area (TPSA) is 49.6 Å². The Morgan fingerprint density at radius 1 is 1.27 bits per heavy atom. The van der Waals surface area contributed by atoms with Crippen LogP contribution in [0.2, 0.25) is 0 Å². The summed E-state index contributed by atoms with van der Waals surface area (Å²) in [7, 11) is 1.61. The fraction of sp³-hybridized carbons (Fsp3) is 0.471. The number of hydrogen-bond donors (Lipinski definition) is 0. The summed E-state index contributed by atoms with van der Waals surface area (Å²) >= 11 is 0. The highest BCUT2D eigenvalue weighted by Crippen LogP contribution is 2.29. The van der Waals surface area contributed by atoms with Crippen molar-refractivity contribution in [3.63, 3.8) is 0 Å². The van der Waals surface area contributed by atoms with Gasteiger partial charge in [-0.1, -0.05) is 12.1 Å². The third kappa shape index (κ3) is 2.95. The molecule has 2 aliphatic rings. The van der Waals surface area contributed by atoms with Crippen LogP contribution in [0.25, 0.3) is 6.08 Å². The number of carbonyl (C=O) groups is 1. The first-order valence-electron chi connectivity index (χ1n) is 7.75. The SMILES string of the molecule is COc1ccc(C=CC(=O)[N+](=O)C2CCN3CCCC23)cc1. The Hall–Kier alpha value is -2.01. The summed E-state index contributed by atoms with van der Waals surface area (Å²) in [6, 6.07) is 7.43. The van der Waals surface area contributed by atoms with Gasteiger partial charge in [0.1, 0.15) is 5.75 Å². The van der Waals surface area contributed by atoms with E-state index in [0.29, 0.717) is 4.76 Å². The van der Waals surface area contributed by atoms with Crippen molar-refractivity contribution in [2.75, 3.05) is 20.2 Å². The molecular weight excluding hydrogens is 280 g/mol. The highest BCUT2D eigenvalue weighted by Gasteiger charge is 2.48. The van der Waals surface area contributed by atoms with Crippen molar-refractivity contribution < 1.29 is 14.3 Å². The van der Waals surface area contributed by atoms with Gasteiger partial charge in [0.15, 0.2) is 0 Å². The lowest BCUT2D eigenvalue weighted by Crippen LogP contribution is -2.38. The molecule has 22 heavy (non-hydrogen) atoms. The Labute approximate surface area is 130 Å². The van der Waals surface area contributed by atoms with Gasteiger partial charge in [-0.05, 0) is 43.2 Å². The molecule has 3 rings (SSSR count). The molecule has 0 N–H and O–H groups in total. The molecule has 5 nitrogen and oxygen atoms in total. The second kappa shape index (κ2) is 6.40. The minimum atomic E-state index is -0.463. The standard InChI is InChI=1S/C17H21N2O3/c1-22-14-7-4-13(5-8-14)6-9-17(20)19(21)16-10-12-18-11-2-3-15(16)18/h4-9,15-16H,2-3,10-12H2,1H3/q+1. The van der Waals surface area contributed by atoms with Crippen LogP contribution in [-0.2, 0) is 4.79 Å². The molecule has 0 bridgehead atoms. The lowest BCUT2D eigenvalue weighted by molar-refractivity contribution is -0.505. The van der Waals surface area contributed by atoms with E-state index in [9.17, 15) is 9.70 Å². The van der Waals surface area contributed by atoms with Crippen molar-refractivity contribution in [3.05, 3.63) is 40.8 Å². The highest BCUT2D eigenvalue weighted by molar-refractivity contribution is 5.85. The summed E-state index contributed by atoms with van der Waals surface area (Å²) in [5.41, 5.74) is 0.872. The van der Waals surface area contributed by atoms with E-state index in [1.807, 2.05) is 24.3 Å². The van der Waals surface area contributed by atoms with Crippen molar-refractivity contribution in [2.24, 2.45) is 0 Å². The van der Waals surface area contributed by atoms with Crippen LogP contribution >= 0.6 is 0 Å². The number of methoxy groups -OCH3 is 1. The van der Waals surface area contributed by atoms with Crippen LogP contribution in [0.15, 0.2) is 30.3 Å². The summed E-state index contributed by atoms with van der Waals surface area (Å²) in [5, 5.41) is 0. The number of benzene rings is 1. The third-order valence-electron chi connectivity index (χ3n) is 4.62. The Morgan fingerprint density at radius 3 is 2.77 bits per heavy atom. The lowest BCUT2D eigenvalue weighted by Gasteiger charge is -2.13. The molecule has 0 aromatic heterocycles. The molecule has 2 atom stereocenters. The Morgan fingerprint density at radius 2 is 2.05 bits per heavy atom. The molecule has 0 aliphatic carbocycles. The Balaban J connectivity index is 1.63. The number of carbonyl (C=O) groups excluding carboxylic acids is 1. The Bertz CT molecular complexity index is 594. The zero-order chi connectivity index (χ0) is 15.5. The fourth-order valence-corrected chi connectivity index (χ4v) is 3.45. The third-order valence-corrected chi connectivity index (χ3v) is 4.62. The molecule has 2 fully saturated rings. The maximum Gasteiger partial charge on any atom is 0.458 e. The van der Waals surface area contributed by atoms with Crippen LogP contribution in [0.3, 0.4) is 0 Å². The Kier molecular flexibility index (Phi) is 4.34. The van der Waals surface area contributed by atoms with E-state index < -0.39 is 5.91 Å². The molecule has 0 saturated carbocycles. The molecule has 2 saturated heterocycles.